The summed E-state index contributed by atoms with van der Waals surface area (Å²) in [4.78, 5) is 4.51. The lowest BCUT2D eigenvalue weighted by Gasteiger charge is -2.07. The Bertz CT molecular complexity index is 977. The average Bonchev–Trinajstić information content (AvgIpc) is 2.62. The number of hydrogen-bond donors (Lipinski definition) is 1. The maximum Gasteiger partial charge on any atom is 0.116 e. The summed E-state index contributed by atoms with van der Waals surface area (Å²) in [5, 5.41) is 11.7. The van der Waals surface area contributed by atoms with Gasteiger partial charge in [-0.1, -0.05) is 48.5 Å². The third kappa shape index (κ3) is 2.67. The van der Waals surface area contributed by atoms with Crippen LogP contribution >= 0.6 is 0 Å². The van der Waals surface area contributed by atoms with Crippen LogP contribution in [0.3, 0.4) is 0 Å². The predicted octanol–water partition coefficient (Wildman–Crippen LogP) is 5.27. The topological polar surface area (TPSA) is 33.1 Å². The highest BCUT2D eigenvalue weighted by molar-refractivity contribution is 5.88. The Labute approximate surface area is 134 Å². The van der Waals surface area contributed by atoms with Gasteiger partial charge in [-0.15, -0.1) is 0 Å². The third-order valence-electron chi connectivity index (χ3n) is 3.99. The SMILES string of the molecule is Oc1ccc2cc(-c3cc(-c4ccccc4)ccn3)ccc2c1. The molecular formula is C21H15NO. The molecule has 0 radical (unpaired) electrons. The minimum absolute atomic E-state index is 0.287. The Balaban J connectivity index is 1.80. The molecule has 3 aromatic carbocycles. The van der Waals surface area contributed by atoms with Crippen LogP contribution in [0.2, 0.25) is 0 Å². The number of aromatic hydroxyl groups is 1. The zero-order chi connectivity index (χ0) is 15.6. The molecule has 1 aromatic heterocycles. The van der Waals surface area contributed by atoms with E-state index < -0.39 is 0 Å². The Kier molecular flexibility index (Phi) is 3.28. The summed E-state index contributed by atoms with van der Waals surface area (Å²) >= 11 is 0. The molecular weight excluding hydrogens is 282 g/mol. The van der Waals surface area contributed by atoms with E-state index in [0.717, 1.165) is 27.6 Å². The van der Waals surface area contributed by atoms with Crippen molar-refractivity contribution in [3.05, 3.63) is 85.1 Å². The highest BCUT2D eigenvalue weighted by Gasteiger charge is 2.04. The number of pyridine rings is 1. The van der Waals surface area contributed by atoms with Crippen LogP contribution < -0.4 is 0 Å². The maximum atomic E-state index is 9.57. The lowest BCUT2D eigenvalue weighted by Crippen LogP contribution is -1.86. The van der Waals surface area contributed by atoms with E-state index >= 15 is 0 Å². The van der Waals surface area contributed by atoms with Crippen LogP contribution in [-0.2, 0) is 0 Å². The van der Waals surface area contributed by atoms with Crippen molar-refractivity contribution in [3.8, 4) is 28.1 Å². The van der Waals surface area contributed by atoms with E-state index in [9.17, 15) is 5.11 Å². The summed E-state index contributed by atoms with van der Waals surface area (Å²) < 4.78 is 0. The summed E-state index contributed by atoms with van der Waals surface area (Å²) in [6.07, 6.45) is 1.85. The lowest BCUT2D eigenvalue weighted by molar-refractivity contribution is 0.476. The van der Waals surface area contributed by atoms with Crippen LogP contribution in [0.1, 0.15) is 0 Å². The molecule has 2 heteroatoms. The second kappa shape index (κ2) is 5.58. The quantitative estimate of drug-likeness (QED) is 0.546. The van der Waals surface area contributed by atoms with Gasteiger partial charge in [-0.2, -0.15) is 0 Å². The fourth-order valence-electron chi connectivity index (χ4n) is 2.79. The van der Waals surface area contributed by atoms with Crippen LogP contribution in [0.25, 0.3) is 33.2 Å². The number of hydrogen-bond acceptors (Lipinski definition) is 2. The van der Waals surface area contributed by atoms with Gasteiger partial charge in [0.15, 0.2) is 0 Å². The van der Waals surface area contributed by atoms with Crippen LogP contribution in [0.15, 0.2) is 85.1 Å². The first-order valence-corrected chi connectivity index (χ1v) is 7.54. The van der Waals surface area contributed by atoms with Crippen molar-refractivity contribution in [2.24, 2.45) is 0 Å². The van der Waals surface area contributed by atoms with Gasteiger partial charge in [-0.25, -0.2) is 0 Å². The van der Waals surface area contributed by atoms with E-state index in [2.05, 4.69) is 29.2 Å². The molecule has 1 N–H and O–H groups in total. The number of fused-ring (bicyclic) bond motifs is 1. The van der Waals surface area contributed by atoms with E-state index in [4.69, 9.17) is 0 Å². The van der Waals surface area contributed by atoms with Gasteiger partial charge < -0.3 is 5.11 Å². The van der Waals surface area contributed by atoms with Crippen LogP contribution in [0.4, 0.5) is 0 Å². The minimum atomic E-state index is 0.287. The fraction of sp³-hybridized carbons (Fsp3) is 0. The largest absolute Gasteiger partial charge is 0.508 e. The second-order valence-corrected chi connectivity index (χ2v) is 5.54. The summed E-state index contributed by atoms with van der Waals surface area (Å²) in [7, 11) is 0. The number of benzene rings is 3. The van der Waals surface area contributed by atoms with Gasteiger partial charge in [0, 0.05) is 11.8 Å². The van der Waals surface area contributed by atoms with Gasteiger partial charge in [-0.3, -0.25) is 4.98 Å². The normalized spacial score (nSPS) is 10.8. The fourth-order valence-corrected chi connectivity index (χ4v) is 2.79. The van der Waals surface area contributed by atoms with Gasteiger partial charge in [0.2, 0.25) is 0 Å². The van der Waals surface area contributed by atoms with Gasteiger partial charge in [-0.05, 0) is 52.2 Å². The van der Waals surface area contributed by atoms with Gasteiger partial charge in [0.1, 0.15) is 5.75 Å². The van der Waals surface area contributed by atoms with Crippen molar-refractivity contribution in [2.75, 3.05) is 0 Å². The molecule has 0 unspecified atom stereocenters. The van der Waals surface area contributed by atoms with Crippen molar-refractivity contribution in [1.82, 2.24) is 4.98 Å². The molecule has 0 bridgehead atoms. The number of aromatic nitrogens is 1. The van der Waals surface area contributed by atoms with E-state index in [1.807, 2.05) is 48.7 Å². The summed E-state index contributed by atoms with van der Waals surface area (Å²) in [6, 6.07) is 26.0. The monoisotopic (exact) mass is 297 g/mol. The first-order valence-electron chi connectivity index (χ1n) is 7.54. The molecule has 23 heavy (non-hydrogen) atoms. The number of rotatable bonds is 2. The molecule has 0 aliphatic carbocycles. The lowest BCUT2D eigenvalue weighted by atomic mass is 10.0. The predicted molar refractivity (Wildman–Crippen MR) is 94.3 cm³/mol. The number of nitrogens with zero attached hydrogens (tertiary/aromatic N) is 1. The molecule has 1 heterocycles. The Hall–Kier alpha value is -3.13. The molecule has 0 aliphatic heterocycles. The van der Waals surface area contributed by atoms with Crippen molar-refractivity contribution < 1.29 is 5.11 Å². The molecule has 0 fully saturated rings. The molecule has 4 rings (SSSR count). The van der Waals surface area contributed by atoms with Gasteiger partial charge >= 0.3 is 0 Å². The van der Waals surface area contributed by atoms with E-state index in [1.165, 1.54) is 5.56 Å². The van der Waals surface area contributed by atoms with E-state index in [1.54, 1.807) is 12.1 Å². The van der Waals surface area contributed by atoms with E-state index in [0.29, 0.717) is 0 Å². The molecule has 0 atom stereocenters. The van der Waals surface area contributed by atoms with Gasteiger partial charge in [0.25, 0.3) is 0 Å². The molecule has 2 nitrogen and oxygen atoms in total. The zero-order valence-corrected chi connectivity index (χ0v) is 12.5. The molecule has 4 aromatic rings. The molecule has 0 amide bonds. The van der Waals surface area contributed by atoms with Crippen molar-refractivity contribution in [1.29, 1.82) is 0 Å². The van der Waals surface area contributed by atoms with Crippen molar-refractivity contribution in [2.45, 2.75) is 0 Å². The summed E-state index contributed by atoms with van der Waals surface area (Å²) in [5.41, 5.74) is 4.35. The molecule has 0 saturated carbocycles. The van der Waals surface area contributed by atoms with Crippen LogP contribution in [-0.4, -0.2) is 10.1 Å². The Morgan fingerprint density at radius 1 is 0.609 bits per heavy atom. The first kappa shape index (κ1) is 13.5. The first-order chi connectivity index (χ1) is 11.3. The zero-order valence-electron chi connectivity index (χ0n) is 12.5. The van der Waals surface area contributed by atoms with Crippen LogP contribution in [0, 0.1) is 0 Å². The highest BCUT2D eigenvalue weighted by atomic mass is 16.3. The maximum absolute atomic E-state index is 9.57. The van der Waals surface area contributed by atoms with Crippen LogP contribution in [0.5, 0.6) is 5.75 Å². The molecule has 0 saturated heterocycles. The van der Waals surface area contributed by atoms with Crippen molar-refractivity contribution >= 4 is 10.8 Å². The standard InChI is InChI=1S/C21H15NO/c23-20-9-8-16-12-19(7-6-17(16)13-20)21-14-18(10-11-22-21)15-4-2-1-3-5-15/h1-14,23H. The minimum Gasteiger partial charge on any atom is -0.508 e. The molecule has 0 spiro atoms. The molecule has 0 aliphatic rings. The van der Waals surface area contributed by atoms with Crippen molar-refractivity contribution in [3.63, 3.8) is 0 Å². The number of phenols is 1. The number of phenolic OH excluding ortho intramolecular Hbond substituents is 1. The average molecular weight is 297 g/mol. The second-order valence-electron chi connectivity index (χ2n) is 5.54. The Morgan fingerprint density at radius 3 is 2.26 bits per heavy atom. The highest BCUT2D eigenvalue weighted by Crippen LogP contribution is 2.28. The van der Waals surface area contributed by atoms with Gasteiger partial charge in [0.05, 0.1) is 5.69 Å². The molecule has 110 valence electrons. The smallest absolute Gasteiger partial charge is 0.116 e. The summed E-state index contributed by atoms with van der Waals surface area (Å²) in [6.45, 7) is 0. The Morgan fingerprint density at radius 2 is 1.39 bits per heavy atom. The summed E-state index contributed by atoms with van der Waals surface area (Å²) in [5.74, 6) is 0.287. The van der Waals surface area contributed by atoms with E-state index in [-0.39, 0.29) is 5.75 Å². The third-order valence-corrected chi connectivity index (χ3v) is 3.99.